The average molecular weight is 450 g/mol. The molecule has 0 saturated carbocycles. The Morgan fingerprint density at radius 1 is 0.697 bits per heavy atom. The summed E-state index contributed by atoms with van der Waals surface area (Å²) in [6.07, 6.45) is 0.752. The van der Waals surface area contributed by atoms with Crippen molar-refractivity contribution < 1.29 is 34.0 Å². The monoisotopic (exact) mass is 450 g/mol. The van der Waals surface area contributed by atoms with Crippen LogP contribution in [0.3, 0.4) is 0 Å². The third-order valence-electron chi connectivity index (χ3n) is 5.71. The molecule has 0 fully saturated rings. The van der Waals surface area contributed by atoms with Crippen molar-refractivity contribution in [1.29, 1.82) is 0 Å². The molecule has 2 heterocycles. The van der Waals surface area contributed by atoms with Gasteiger partial charge in [0.1, 0.15) is 36.6 Å². The first-order valence-electron chi connectivity index (χ1n) is 10.9. The average Bonchev–Trinajstić information content (AvgIpc) is 2.85. The van der Waals surface area contributed by atoms with E-state index in [0.29, 0.717) is 24.0 Å². The summed E-state index contributed by atoms with van der Waals surface area (Å²) in [5.74, 6) is -1.06. The number of benzene rings is 2. The Bertz CT molecular complexity index is 920. The fourth-order valence-corrected chi connectivity index (χ4v) is 4.03. The van der Waals surface area contributed by atoms with Gasteiger partial charge in [0, 0.05) is 25.0 Å². The highest BCUT2D eigenvalue weighted by Gasteiger charge is 2.39. The Kier molecular flexibility index (Phi) is 7.34. The lowest BCUT2D eigenvalue weighted by atomic mass is 9.94. The number of aliphatic hydroxyl groups excluding tert-OH is 2. The van der Waals surface area contributed by atoms with Crippen LogP contribution in [0.15, 0.2) is 85.0 Å². The van der Waals surface area contributed by atoms with Gasteiger partial charge in [-0.2, -0.15) is 0 Å². The van der Waals surface area contributed by atoms with Crippen molar-refractivity contribution in [2.75, 3.05) is 0 Å². The maximum absolute atomic E-state index is 11.8. The van der Waals surface area contributed by atoms with Gasteiger partial charge in [0.15, 0.2) is 0 Å². The van der Waals surface area contributed by atoms with Gasteiger partial charge in [-0.25, -0.2) is 9.59 Å². The van der Waals surface area contributed by atoms with Gasteiger partial charge in [-0.3, -0.25) is 0 Å². The first kappa shape index (κ1) is 22.9. The minimum Gasteiger partial charge on any atom is -0.456 e. The molecule has 6 atom stereocenters. The predicted molar refractivity (Wildman–Crippen MR) is 119 cm³/mol. The number of rotatable bonds is 8. The summed E-state index contributed by atoms with van der Waals surface area (Å²) in [7, 11) is 0. The highest BCUT2D eigenvalue weighted by molar-refractivity contribution is 5.83. The fraction of sp³-hybridized carbons (Fsp3) is 0.308. The first-order chi connectivity index (χ1) is 16.0. The van der Waals surface area contributed by atoms with Crippen LogP contribution in [0, 0.1) is 0 Å². The van der Waals surface area contributed by atoms with Crippen molar-refractivity contribution >= 4 is 11.9 Å². The van der Waals surface area contributed by atoms with Crippen LogP contribution in [-0.4, -0.2) is 46.6 Å². The molecule has 2 N–H and O–H groups in total. The Balaban J connectivity index is 1.66. The fourth-order valence-electron chi connectivity index (χ4n) is 4.03. The normalized spacial score (nSPS) is 23.8. The summed E-state index contributed by atoms with van der Waals surface area (Å²) in [6, 6.07) is 18.1. The number of carbonyl (C=O) groups is 2. The van der Waals surface area contributed by atoms with Crippen molar-refractivity contribution in [2.45, 2.75) is 49.5 Å². The molecule has 0 radical (unpaired) electrons. The predicted octanol–water partition coefficient (Wildman–Crippen LogP) is 2.95. The van der Waals surface area contributed by atoms with Gasteiger partial charge in [0.25, 0.3) is 0 Å². The molecule has 2 aromatic rings. The summed E-state index contributed by atoms with van der Waals surface area (Å²) < 4.78 is 17.1. The van der Waals surface area contributed by atoms with E-state index in [0.717, 1.165) is 0 Å². The van der Waals surface area contributed by atoms with Crippen LogP contribution in [0.5, 0.6) is 0 Å². The molecule has 0 bridgehead atoms. The number of hydrogen-bond donors (Lipinski definition) is 2. The van der Waals surface area contributed by atoms with E-state index in [1.54, 1.807) is 36.4 Å². The molecule has 7 heteroatoms. The van der Waals surface area contributed by atoms with Crippen LogP contribution in [0.4, 0.5) is 0 Å². The van der Waals surface area contributed by atoms with E-state index in [9.17, 15) is 19.8 Å². The third kappa shape index (κ3) is 5.57. The summed E-state index contributed by atoms with van der Waals surface area (Å²) in [6.45, 7) is 0. The molecule has 0 aliphatic carbocycles. The van der Waals surface area contributed by atoms with Crippen molar-refractivity contribution in [3.05, 3.63) is 96.1 Å². The standard InChI is InChI=1S/C26H26O7/c27-21-15-7-13-19(31-21)23(29)25(17-9-3-1-4-10-17)33-26(18-11-5-2-6-12-18)24(30)20-14-8-16-22(28)32-20/h1-12,15-16,19-20,23-26,29-30H,13-14H2/t19-,20-,23+,24+,25-,26+/m1/s1. The van der Waals surface area contributed by atoms with E-state index in [1.807, 2.05) is 36.4 Å². The van der Waals surface area contributed by atoms with E-state index in [1.165, 1.54) is 12.2 Å². The van der Waals surface area contributed by atoms with Gasteiger partial charge >= 0.3 is 11.9 Å². The second-order valence-electron chi connectivity index (χ2n) is 8.01. The lowest BCUT2D eigenvalue weighted by Crippen LogP contribution is -2.42. The smallest absolute Gasteiger partial charge is 0.330 e. The van der Waals surface area contributed by atoms with Crippen molar-refractivity contribution in [2.24, 2.45) is 0 Å². The van der Waals surface area contributed by atoms with Gasteiger partial charge in [0.2, 0.25) is 0 Å². The number of carbonyl (C=O) groups excluding carboxylic acids is 2. The Morgan fingerprint density at radius 3 is 1.45 bits per heavy atom. The Morgan fingerprint density at radius 2 is 1.09 bits per heavy atom. The highest BCUT2D eigenvalue weighted by atomic mass is 16.6. The molecule has 33 heavy (non-hydrogen) atoms. The van der Waals surface area contributed by atoms with Crippen molar-refractivity contribution in [3.8, 4) is 0 Å². The molecule has 172 valence electrons. The molecular weight excluding hydrogens is 424 g/mol. The van der Waals surface area contributed by atoms with Gasteiger partial charge in [-0.05, 0) is 11.1 Å². The zero-order chi connectivity index (χ0) is 23.2. The molecule has 0 spiro atoms. The molecule has 4 rings (SSSR count). The number of cyclic esters (lactones) is 2. The van der Waals surface area contributed by atoms with E-state index < -0.39 is 48.6 Å². The quantitative estimate of drug-likeness (QED) is 0.596. The van der Waals surface area contributed by atoms with Crippen molar-refractivity contribution in [3.63, 3.8) is 0 Å². The molecule has 2 aliphatic heterocycles. The maximum atomic E-state index is 11.8. The molecule has 0 saturated heterocycles. The SMILES string of the molecule is O=C1C=CC[C@H]([C@H](O)[C@H](O[C@@H](c2ccccc2)[C@@H](O)[C@H]2CC=CC(=O)O2)c2ccccc2)O1. The van der Waals surface area contributed by atoms with Crippen LogP contribution >= 0.6 is 0 Å². The van der Waals surface area contributed by atoms with Crippen LogP contribution in [0.2, 0.25) is 0 Å². The molecule has 0 unspecified atom stereocenters. The third-order valence-corrected chi connectivity index (χ3v) is 5.71. The Hall–Kier alpha value is -3.26. The second kappa shape index (κ2) is 10.6. The minimum absolute atomic E-state index is 0.336. The summed E-state index contributed by atoms with van der Waals surface area (Å²) >= 11 is 0. The maximum Gasteiger partial charge on any atom is 0.330 e. The lowest BCUT2D eigenvalue weighted by Gasteiger charge is -2.36. The lowest BCUT2D eigenvalue weighted by molar-refractivity contribution is -0.184. The molecule has 2 aliphatic rings. The van der Waals surface area contributed by atoms with Crippen LogP contribution in [0.1, 0.15) is 36.2 Å². The summed E-state index contributed by atoms with van der Waals surface area (Å²) in [5.41, 5.74) is 1.31. The number of esters is 2. The largest absolute Gasteiger partial charge is 0.456 e. The van der Waals surface area contributed by atoms with Crippen LogP contribution in [0.25, 0.3) is 0 Å². The van der Waals surface area contributed by atoms with Crippen LogP contribution < -0.4 is 0 Å². The molecular formula is C26H26O7. The minimum atomic E-state index is -1.20. The van der Waals surface area contributed by atoms with Crippen LogP contribution in [-0.2, 0) is 23.8 Å². The van der Waals surface area contributed by atoms with E-state index in [-0.39, 0.29) is 0 Å². The van der Waals surface area contributed by atoms with E-state index >= 15 is 0 Å². The molecule has 0 aromatic heterocycles. The molecule has 0 amide bonds. The van der Waals surface area contributed by atoms with Gasteiger partial charge in [-0.1, -0.05) is 72.8 Å². The van der Waals surface area contributed by atoms with Crippen molar-refractivity contribution in [1.82, 2.24) is 0 Å². The highest BCUT2D eigenvalue weighted by Crippen LogP contribution is 2.36. The van der Waals surface area contributed by atoms with Gasteiger partial charge in [0.05, 0.1) is 0 Å². The molecule has 7 nitrogen and oxygen atoms in total. The van der Waals surface area contributed by atoms with E-state index in [2.05, 4.69) is 0 Å². The summed E-state index contributed by atoms with van der Waals surface area (Å²) in [4.78, 5) is 23.5. The van der Waals surface area contributed by atoms with E-state index in [4.69, 9.17) is 14.2 Å². The number of ether oxygens (including phenoxy) is 3. The number of aliphatic hydroxyl groups is 2. The zero-order valence-corrected chi connectivity index (χ0v) is 17.9. The second-order valence-corrected chi connectivity index (χ2v) is 8.01. The van der Waals surface area contributed by atoms with Gasteiger partial charge in [-0.15, -0.1) is 0 Å². The topological polar surface area (TPSA) is 102 Å². The zero-order valence-electron chi connectivity index (χ0n) is 17.9. The van der Waals surface area contributed by atoms with Gasteiger partial charge < -0.3 is 24.4 Å². The Labute approximate surface area is 191 Å². The summed E-state index contributed by atoms with van der Waals surface area (Å²) in [5, 5.41) is 22.4. The first-order valence-corrected chi connectivity index (χ1v) is 10.9. The molecule has 2 aromatic carbocycles. The number of hydrogen-bond acceptors (Lipinski definition) is 7.